The Morgan fingerprint density at radius 2 is 1.95 bits per heavy atom. The average molecular weight is 295 g/mol. The smallest absolute Gasteiger partial charge is 0.417 e. The van der Waals surface area contributed by atoms with Gasteiger partial charge >= 0.3 is 12.1 Å². The Bertz CT molecular complexity index is 530. The number of quaternary nitrogens is 1. The summed E-state index contributed by atoms with van der Waals surface area (Å²) in [6, 6.07) is 8.45. The lowest BCUT2D eigenvalue weighted by Crippen LogP contribution is -2.55. The van der Waals surface area contributed by atoms with Gasteiger partial charge in [-0.05, 0) is 18.7 Å². The van der Waals surface area contributed by atoms with Crippen molar-refractivity contribution in [3.05, 3.63) is 42.6 Å². The van der Waals surface area contributed by atoms with Gasteiger partial charge in [-0.1, -0.05) is 30.4 Å². The molecule has 1 aromatic carbocycles. The van der Waals surface area contributed by atoms with Crippen LogP contribution in [0.2, 0.25) is 0 Å². The van der Waals surface area contributed by atoms with Crippen molar-refractivity contribution in [2.24, 2.45) is 5.92 Å². The number of carbonyl (C=O) groups is 2. The molecule has 0 saturated heterocycles. The van der Waals surface area contributed by atoms with E-state index in [1.54, 1.807) is 30.3 Å². The topological polar surface area (TPSA) is 92.3 Å². The first-order valence-electron chi connectivity index (χ1n) is 5.62. The van der Waals surface area contributed by atoms with E-state index in [9.17, 15) is 9.59 Å². The highest BCUT2D eigenvalue weighted by Gasteiger charge is 2.30. The lowest BCUT2D eigenvalue weighted by atomic mass is 10.1. The summed E-state index contributed by atoms with van der Waals surface area (Å²) >= 11 is 4.97. The van der Waals surface area contributed by atoms with Crippen molar-refractivity contribution >= 4 is 29.3 Å². The number of rotatable bonds is 4. The first-order valence-corrected chi connectivity index (χ1v) is 6.03. The normalized spacial score (nSPS) is 11.1. The molecule has 0 heterocycles. The van der Waals surface area contributed by atoms with Crippen molar-refractivity contribution in [3.8, 4) is 5.75 Å². The fourth-order valence-corrected chi connectivity index (χ4v) is 1.72. The number of hydrogen-bond donors (Lipinski definition) is 2. The summed E-state index contributed by atoms with van der Waals surface area (Å²) in [6.07, 6.45) is -0.795. The van der Waals surface area contributed by atoms with Crippen LogP contribution < -0.4 is 15.8 Å². The molecule has 106 valence electrons. The van der Waals surface area contributed by atoms with Crippen LogP contribution in [0.3, 0.4) is 0 Å². The number of thiocarbonyl (C=S) groups is 1. The second-order valence-electron chi connectivity index (χ2n) is 3.81. The van der Waals surface area contributed by atoms with Crippen LogP contribution in [0.5, 0.6) is 5.75 Å². The highest BCUT2D eigenvalue weighted by atomic mass is 32.1. The van der Waals surface area contributed by atoms with Crippen LogP contribution in [0.4, 0.5) is 4.79 Å². The number of esters is 1. The van der Waals surface area contributed by atoms with Crippen LogP contribution >= 0.6 is 12.2 Å². The minimum absolute atomic E-state index is 0.0715. The number of amides is 1. The maximum absolute atomic E-state index is 11.6. The Morgan fingerprint density at radius 1 is 1.35 bits per heavy atom. The maximum atomic E-state index is 11.6. The molecule has 0 spiro atoms. The van der Waals surface area contributed by atoms with E-state index >= 15 is 0 Å². The van der Waals surface area contributed by atoms with Crippen molar-refractivity contribution in [2.75, 3.05) is 7.11 Å². The van der Waals surface area contributed by atoms with Crippen molar-refractivity contribution in [1.29, 1.82) is 0 Å². The monoisotopic (exact) mass is 295 g/mol. The van der Waals surface area contributed by atoms with Crippen molar-refractivity contribution < 1.29 is 24.8 Å². The van der Waals surface area contributed by atoms with Crippen LogP contribution in [0.1, 0.15) is 0 Å². The molecule has 0 aliphatic rings. The van der Waals surface area contributed by atoms with Gasteiger partial charge in [0, 0.05) is 0 Å². The van der Waals surface area contributed by atoms with Gasteiger partial charge in [0.25, 0.3) is 0 Å². The molecule has 7 heteroatoms. The molecule has 0 saturated carbocycles. The first-order chi connectivity index (χ1) is 9.45. The molecule has 1 amide bonds. The minimum Gasteiger partial charge on any atom is -0.468 e. The Labute approximate surface area is 121 Å². The molecule has 0 bridgehead atoms. The van der Waals surface area contributed by atoms with Crippen molar-refractivity contribution in [1.82, 2.24) is 5.32 Å². The zero-order chi connectivity index (χ0) is 15.1. The largest absolute Gasteiger partial charge is 0.468 e. The Morgan fingerprint density at radius 3 is 2.45 bits per heavy atom. The fourth-order valence-electron chi connectivity index (χ4n) is 1.37. The van der Waals surface area contributed by atoms with Gasteiger partial charge in [0.2, 0.25) is 0 Å². The molecule has 4 N–H and O–H groups in total. The SMILES string of the molecule is C=C([NH3+])C(C(=O)OC)C(=S)NC(=O)Oc1ccccc1. The molecule has 1 rings (SSSR count). The first kappa shape index (κ1) is 15.8. The third-order valence-corrected chi connectivity index (χ3v) is 2.62. The number of benzene rings is 1. The molecule has 0 aliphatic heterocycles. The van der Waals surface area contributed by atoms with Gasteiger partial charge in [-0.3, -0.25) is 10.1 Å². The highest BCUT2D eigenvalue weighted by Crippen LogP contribution is 2.10. The fraction of sp³-hybridized carbons (Fsp3) is 0.154. The summed E-state index contributed by atoms with van der Waals surface area (Å²) in [4.78, 5) is 23.1. The lowest BCUT2D eigenvalue weighted by Gasteiger charge is -2.14. The van der Waals surface area contributed by atoms with Crippen LogP contribution in [-0.2, 0) is 9.53 Å². The van der Waals surface area contributed by atoms with Crippen LogP contribution in [-0.4, -0.2) is 24.2 Å². The third kappa shape index (κ3) is 4.45. The average Bonchev–Trinajstić information content (AvgIpc) is 2.38. The van der Waals surface area contributed by atoms with Crippen molar-refractivity contribution in [3.63, 3.8) is 0 Å². The molecule has 0 radical (unpaired) electrons. The minimum atomic E-state index is -0.988. The number of para-hydroxylation sites is 1. The number of carbonyl (C=O) groups excluding carboxylic acids is 2. The van der Waals surface area contributed by atoms with Crippen LogP contribution in [0.15, 0.2) is 42.6 Å². The van der Waals surface area contributed by atoms with Crippen LogP contribution in [0, 0.1) is 5.92 Å². The molecule has 1 unspecified atom stereocenters. The third-order valence-electron chi connectivity index (χ3n) is 2.29. The van der Waals surface area contributed by atoms with Gasteiger partial charge in [-0.15, -0.1) is 0 Å². The van der Waals surface area contributed by atoms with E-state index in [1.807, 2.05) is 0 Å². The van der Waals surface area contributed by atoms with E-state index in [1.165, 1.54) is 7.11 Å². The summed E-state index contributed by atoms with van der Waals surface area (Å²) in [6.45, 7) is 3.55. The lowest BCUT2D eigenvalue weighted by molar-refractivity contribution is -0.309. The molecular formula is C13H15N2O4S+. The summed E-state index contributed by atoms with van der Waals surface area (Å²) < 4.78 is 9.56. The van der Waals surface area contributed by atoms with E-state index in [2.05, 4.69) is 22.4 Å². The van der Waals surface area contributed by atoms with E-state index in [-0.39, 0.29) is 10.7 Å². The summed E-state index contributed by atoms with van der Waals surface area (Å²) in [5.41, 5.74) is 3.77. The van der Waals surface area contributed by atoms with Gasteiger partial charge in [0.1, 0.15) is 16.4 Å². The van der Waals surface area contributed by atoms with E-state index in [4.69, 9.17) is 17.0 Å². The van der Waals surface area contributed by atoms with Gasteiger partial charge in [0.15, 0.2) is 5.92 Å². The zero-order valence-corrected chi connectivity index (χ0v) is 11.7. The highest BCUT2D eigenvalue weighted by molar-refractivity contribution is 7.80. The van der Waals surface area contributed by atoms with E-state index < -0.39 is 18.0 Å². The zero-order valence-electron chi connectivity index (χ0n) is 10.9. The quantitative estimate of drug-likeness (QED) is 0.628. The standard InChI is InChI=1S/C13H14N2O4S/c1-8(14)10(12(16)18-2)11(20)15-13(17)19-9-6-4-3-5-7-9/h3-7,10H,1,14H2,2H3,(H,15,17,20)/p+1. The predicted molar refractivity (Wildman–Crippen MR) is 75.7 cm³/mol. The molecular weight excluding hydrogens is 280 g/mol. The molecule has 1 atom stereocenters. The maximum Gasteiger partial charge on any atom is 0.417 e. The molecule has 0 fully saturated rings. The Balaban J connectivity index is 2.67. The number of ether oxygens (including phenoxy) is 2. The molecule has 1 aromatic rings. The summed E-state index contributed by atoms with van der Waals surface area (Å²) in [5, 5.41) is 2.29. The number of nitrogens with one attached hydrogen (secondary N) is 1. The molecule has 6 nitrogen and oxygen atoms in total. The second kappa shape index (κ2) is 7.37. The Kier molecular flexibility index (Phi) is 5.82. The van der Waals surface area contributed by atoms with Gasteiger partial charge < -0.3 is 15.2 Å². The van der Waals surface area contributed by atoms with Gasteiger partial charge in [0.05, 0.1) is 7.11 Å². The van der Waals surface area contributed by atoms with E-state index in [0.29, 0.717) is 5.75 Å². The number of methoxy groups -OCH3 is 1. The molecule has 20 heavy (non-hydrogen) atoms. The summed E-state index contributed by atoms with van der Waals surface area (Å²) in [5.74, 6) is -1.27. The van der Waals surface area contributed by atoms with Gasteiger partial charge in [-0.25, -0.2) is 4.79 Å². The predicted octanol–water partition coefficient (Wildman–Crippen LogP) is 0.647. The Hall–Kier alpha value is -2.25. The summed E-state index contributed by atoms with van der Waals surface area (Å²) in [7, 11) is 1.21. The van der Waals surface area contributed by atoms with E-state index in [0.717, 1.165) is 0 Å². The van der Waals surface area contributed by atoms with Gasteiger partial charge in [-0.2, -0.15) is 0 Å². The van der Waals surface area contributed by atoms with Crippen LogP contribution in [0.25, 0.3) is 0 Å². The molecule has 0 aromatic heterocycles. The van der Waals surface area contributed by atoms with Crippen molar-refractivity contribution in [2.45, 2.75) is 0 Å². The molecule has 0 aliphatic carbocycles. The second-order valence-corrected chi connectivity index (χ2v) is 4.25. The number of hydrogen-bond acceptors (Lipinski definition) is 5.